The normalized spacial score (nSPS) is 12.4. The van der Waals surface area contributed by atoms with Crippen molar-refractivity contribution in [3.63, 3.8) is 0 Å². The van der Waals surface area contributed by atoms with E-state index in [0.29, 0.717) is 5.69 Å². The maximum atomic E-state index is 12.3. The van der Waals surface area contributed by atoms with Crippen molar-refractivity contribution in [3.8, 4) is 5.88 Å². The number of alkyl halides is 3. The molecule has 0 spiro atoms. The standard InChI is InChI=1S/C18H20F3N3O2/c1-11-4-6-15(12(2)8-11)24-17(25)13(3)23-14-5-7-16(22-9-14)26-10-18(19,20)21/h4-9,13,23H,10H2,1-3H3,(H,24,25). The average molecular weight is 367 g/mol. The highest BCUT2D eigenvalue weighted by Crippen LogP contribution is 2.19. The van der Waals surface area contributed by atoms with Gasteiger partial charge in [0.15, 0.2) is 6.61 Å². The highest BCUT2D eigenvalue weighted by molar-refractivity contribution is 5.96. The third-order valence-corrected chi connectivity index (χ3v) is 3.54. The molecule has 0 radical (unpaired) electrons. The maximum absolute atomic E-state index is 12.3. The first-order valence-corrected chi connectivity index (χ1v) is 7.94. The fourth-order valence-corrected chi connectivity index (χ4v) is 2.22. The second-order valence-corrected chi connectivity index (χ2v) is 5.96. The van der Waals surface area contributed by atoms with Crippen LogP contribution in [0.5, 0.6) is 5.88 Å². The summed E-state index contributed by atoms with van der Waals surface area (Å²) in [5.41, 5.74) is 3.28. The molecule has 0 fully saturated rings. The van der Waals surface area contributed by atoms with Gasteiger partial charge in [-0.3, -0.25) is 4.79 Å². The van der Waals surface area contributed by atoms with E-state index in [2.05, 4.69) is 20.4 Å². The van der Waals surface area contributed by atoms with Gasteiger partial charge in [0.25, 0.3) is 0 Å². The molecule has 1 heterocycles. The van der Waals surface area contributed by atoms with Gasteiger partial charge in [-0.2, -0.15) is 13.2 Å². The van der Waals surface area contributed by atoms with Crippen LogP contribution in [0.1, 0.15) is 18.1 Å². The smallest absolute Gasteiger partial charge is 0.422 e. The van der Waals surface area contributed by atoms with Crippen LogP contribution in [0, 0.1) is 13.8 Å². The number of anilines is 2. The first-order valence-electron chi connectivity index (χ1n) is 7.94. The molecule has 1 atom stereocenters. The number of aromatic nitrogens is 1. The summed E-state index contributed by atoms with van der Waals surface area (Å²) in [7, 11) is 0. The van der Waals surface area contributed by atoms with E-state index in [1.807, 2.05) is 32.0 Å². The van der Waals surface area contributed by atoms with Crippen LogP contribution in [0.2, 0.25) is 0 Å². The number of carbonyl (C=O) groups is 1. The van der Waals surface area contributed by atoms with Gasteiger partial charge < -0.3 is 15.4 Å². The van der Waals surface area contributed by atoms with Gasteiger partial charge in [-0.05, 0) is 38.5 Å². The summed E-state index contributed by atoms with van der Waals surface area (Å²) in [6.45, 7) is 4.15. The summed E-state index contributed by atoms with van der Waals surface area (Å²) < 4.78 is 40.8. The van der Waals surface area contributed by atoms with E-state index in [1.165, 1.54) is 18.3 Å². The molecule has 2 aromatic rings. The Labute approximate surface area is 149 Å². The number of carbonyl (C=O) groups excluding carboxylic acids is 1. The number of pyridine rings is 1. The zero-order valence-electron chi connectivity index (χ0n) is 14.6. The summed E-state index contributed by atoms with van der Waals surface area (Å²) in [6, 6.07) is 7.95. The zero-order chi connectivity index (χ0) is 19.3. The minimum atomic E-state index is -4.42. The number of hydrogen-bond acceptors (Lipinski definition) is 4. The minimum absolute atomic E-state index is 0.139. The molecular formula is C18H20F3N3O2. The Morgan fingerprint density at radius 1 is 1.23 bits per heavy atom. The molecule has 0 saturated carbocycles. The lowest BCUT2D eigenvalue weighted by Crippen LogP contribution is -2.32. The van der Waals surface area contributed by atoms with Gasteiger partial charge in [-0.25, -0.2) is 4.98 Å². The predicted molar refractivity (Wildman–Crippen MR) is 93.4 cm³/mol. The van der Waals surface area contributed by atoms with Crippen molar-refractivity contribution < 1.29 is 22.7 Å². The Morgan fingerprint density at radius 3 is 2.54 bits per heavy atom. The quantitative estimate of drug-likeness (QED) is 0.808. The van der Waals surface area contributed by atoms with E-state index >= 15 is 0 Å². The second kappa shape index (κ2) is 8.07. The summed E-state index contributed by atoms with van der Waals surface area (Å²) in [6.07, 6.45) is -3.11. The Hall–Kier alpha value is -2.77. The Balaban J connectivity index is 1.92. The largest absolute Gasteiger partial charge is 0.468 e. The van der Waals surface area contributed by atoms with Gasteiger partial charge in [0.1, 0.15) is 6.04 Å². The molecule has 1 amide bonds. The topological polar surface area (TPSA) is 63.2 Å². The molecule has 1 aromatic carbocycles. The Morgan fingerprint density at radius 2 is 1.96 bits per heavy atom. The van der Waals surface area contributed by atoms with Crippen LogP contribution in [-0.4, -0.2) is 29.7 Å². The van der Waals surface area contributed by atoms with Crippen molar-refractivity contribution in [3.05, 3.63) is 47.7 Å². The monoisotopic (exact) mass is 367 g/mol. The number of amides is 1. The fourth-order valence-electron chi connectivity index (χ4n) is 2.22. The van der Waals surface area contributed by atoms with Gasteiger partial charge in [-0.1, -0.05) is 17.7 Å². The fraction of sp³-hybridized carbons (Fsp3) is 0.333. The van der Waals surface area contributed by atoms with Crippen molar-refractivity contribution in [1.29, 1.82) is 0 Å². The number of ether oxygens (including phenoxy) is 1. The number of nitrogens with one attached hydrogen (secondary N) is 2. The molecule has 26 heavy (non-hydrogen) atoms. The van der Waals surface area contributed by atoms with Crippen LogP contribution in [0.3, 0.4) is 0 Å². The van der Waals surface area contributed by atoms with Crippen molar-refractivity contribution in [2.75, 3.05) is 17.2 Å². The van der Waals surface area contributed by atoms with E-state index in [0.717, 1.165) is 16.8 Å². The summed E-state index contributed by atoms with van der Waals surface area (Å²) >= 11 is 0. The number of rotatable bonds is 6. The number of halogens is 3. The molecule has 0 saturated heterocycles. The van der Waals surface area contributed by atoms with Gasteiger partial charge in [-0.15, -0.1) is 0 Å². The number of aryl methyl sites for hydroxylation is 2. The van der Waals surface area contributed by atoms with Crippen LogP contribution in [0.15, 0.2) is 36.5 Å². The van der Waals surface area contributed by atoms with Gasteiger partial charge in [0.2, 0.25) is 11.8 Å². The van der Waals surface area contributed by atoms with E-state index in [9.17, 15) is 18.0 Å². The molecule has 0 aliphatic carbocycles. The number of benzene rings is 1. The van der Waals surface area contributed by atoms with E-state index in [4.69, 9.17) is 0 Å². The molecule has 140 valence electrons. The third-order valence-electron chi connectivity index (χ3n) is 3.54. The second-order valence-electron chi connectivity index (χ2n) is 5.96. The van der Waals surface area contributed by atoms with Gasteiger partial charge in [0, 0.05) is 11.8 Å². The summed E-state index contributed by atoms with van der Waals surface area (Å²) in [5, 5.41) is 5.77. The summed E-state index contributed by atoms with van der Waals surface area (Å²) in [5.74, 6) is -0.380. The molecule has 1 unspecified atom stereocenters. The molecule has 1 aromatic heterocycles. The molecular weight excluding hydrogens is 347 g/mol. The van der Waals surface area contributed by atoms with Crippen LogP contribution in [-0.2, 0) is 4.79 Å². The zero-order valence-corrected chi connectivity index (χ0v) is 14.6. The molecule has 0 bridgehead atoms. The lowest BCUT2D eigenvalue weighted by atomic mass is 10.1. The minimum Gasteiger partial charge on any atom is -0.468 e. The third kappa shape index (κ3) is 5.94. The van der Waals surface area contributed by atoms with E-state index in [1.54, 1.807) is 6.92 Å². The molecule has 2 rings (SSSR count). The van der Waals surface area contributed by atoms with Crippen LogP contribution < -0.4 is 15.4 Å². The van der Waals surface area contributed by atoms with Gasteiger partial charge in [0.05, 0.1) is 11.9 Å². The molecule has 2 N–H and O–H groups in total. The predicted octanol–water partition coefficient (Wildman–Crippen LogP) is 4.08. The van der Waals surface area contributed by atoms with E-state index < -0.39 is 18.8 Å². The first-order chi connectivity index (χ1) is 12.1. The van der Waals surface area contributed by atoms with Crippen LogP contribution >= 0.6 is 0 Å². The molecule has 0 aliphatic rings. The number of nitrogens with zero attached hydrogens (tertiary/aromatic N) is 1. The molecule has 8 heteroatoms. The highest BCUT2D eigenvalue weighted by Gasteiger charge is 2.28. The van der Waals surface area contributed by atoms with Crippen molar-refractivity contribution in [1.82, 2.24) is 4.98 Å². The lowest BCUT2D eigenvalue weighted by Gasteiger charge is -2.16. The summed E-state index contributed by atoms with van der Waals surface area (Å²) in [4.78, 5) is 16.1. The Bertz CT molecular complexity index is 761. The maximum Gasteiger partial charge on any atom is 0.422 e. The van der Waals surface area contributed by atoms with Crippen LogP contribution in [0.25, 0.3) is 0 Å². The first kappa shape index (κ1) is 19.6. The molecule has 0 aliphatic heterocycles. The average Bonchev–Trinajstić information content (AvgIpc) is 2.56. The van der Waals surface area contributed by atoms with Crippen molar-refractivity contribution in [2.45, 2.75) is 33.0 Å². The van der Waals surface area contributed by atoms with Gasteiger partial charge >= 0.3 is 6.18 Å². The van der Waals surface area contributed by atoms with Crippen molar-refractivity contribution >= 4 is 17.3 Å². The molecule has 5 nitrogen and oxygen atoms in total. The Kier molecular flexibility index (Phi) is 6.07. The lowest BCUT2D eigenvalue weighted by molar-refractivity contribution is -0.154. The highest BCUT2D eigenvalue weighted by atomic mass is 19.4. The van der Waals surface area contributed by atoms with Crippen molar-refractivity contribution in [2.24, 2.45) is 0 Å². The van der Waals surface area contributed by atoms with Crippen LogP contribution in [0.4, 0.5) is 24.5 Å². The SMILES string of the molecule is Cc1ccc(NC(=O)C(C)Nc2ccc(OCC(F)(F)F)nc2)c(C)c1. The van der Waals surface area contributed by atoms with E-state index in [-0.39, 0.29) is 11.8 Å². The number of hydrogen-bond donors (Lipinski definition) is 2.